The number of carboxylic acids is 1. The summed E-state index contributed by atoms with van der Waals surface area (Å²) in [5, 5.41) is 21.0. The van der Waals surface area contributed by atoms with Crippen molar-refractivity contribution in [1.82, 2.24) is 20.2 Å². The molecule has 0 radical (unpaired) electrons. The summed E-state index contributed by atoms with van der Waals surface area (Å²) in [4.78, 5) is 11.0. The van der Waals surface area contributed by atoms with Gasteiger partial charge in [0.25, 0.3) is 0 Å². The zero-order valence-corrected chi connectivity index (χ0v) is 13.0. The van der Waals surface area contributed by atoms with E-state index in [1.165, 1.54) is 32.1 Å². The largest absolute Gasteiger partial charge is 0.481 e. The summed E-state index contributed by atoms with van der Waals surface area (Å²) in [6.07, 6.45) is 8.68. The van der Waals surface area contributed by atoms with Gasteiger partial charge < -0.3 is 5.11 Å². The molecule has 1 aliphatic rings. The number of hydrogen-bond acceptors (Lipinski definition) is 4. The lowest BCUT2D eigenvalue weighted by molar-refractivity contribution is -0.138. The average molecular weight is 294 g/mol. The molecule has 6 nitrogen and oxygen atoms in total. The standard InChI is InChI=1S/C15H26N4O2/c1-11(2)13(10-15(20)21)19-14(16-17-18-19)9-8-12-6-4-3-5-7-12/h11-13H,3-10H2,1-2H3,(H,20,21). The van der Waals surface area contributed by atoms with Gasteiger partial charge in [0.1, 0.15) is 0 Å². The number of nitrogens with zero attached hydrogens (tertiary/aromatic N) is 4. The van der Waals surface area contributed by atoms with Gasteiger partial charge in [-0.3, -0.25) is 4.79 Å². The van der Waals surface area contributed by atoms with Crippen LogP contribution < -0.4 is 0 Å². The minimum absolute atomic E-state index is 0.0686. The molecule has 6 heteroatoms. The summed E-state index contributed by atoms with van der Waals surface area (Å²) in [5.74, 6) is 1.00. The van der Waals surface area contributed by atoms with E-state index < -0.39 is 5.97 Å². The molecule has 1 aromatic rings. The summed E-state index contributed by atoms with van der Waals surface area (Å²) >= 11 is 0. The lowest BCUT2D eigenvalue weighted by atomic mass is 9.86. The van der Waals surface area contributed by atoms with Crippen molar-refractivity contribution >= 4 is 5.97 Å². The first-order valence-electron chi connectivity index (χ1n) is 8.06. The molecule has 1 atom stereocenters. The Morgan fingerprint density at radius 3 is 2.67 bits per heavy atom. The van der Waals surface area contributed by atoms with Crippen LogP contribution in [0.15, 0.2) is 0 Å². The third-order valence-electron chi connectivity index (χ3n) is 4.53. The second kappa shape index (κ2) is 7.52. The number of aromatic nitrogens is 4. The van der Waals surface area contributed by atoms with Gasteiger partial charge in [-0.15, -0.1) is 5.10 Å². The molecular formula is C15H26N4O2. The van der Waals surface area contributed by atoms with Gasteiger partial charge in [-0.05, 0) is 28.7 Å². The van der Waals surface area contributed by atoms with Crippen LogP contribution in [0.2, 0.25) is 0 Å². The number of aliphatic carboxylic acids is 1. The Morgan fingerprint density at radius 2 is 2.05 bits per heavy atom. The molecular weight excluding hydrogens is 268 g/mol. The van der Waals surface area contributed by atoms with Crippen LogP contribution in [0, 0.1) is 11.8 Å². The van der Waals surface area contributed by atoms with E-state index in [9.17, 15) is 4.79 Å². The Balaban J connectivity index is 2.00. The smallest absolute Gasteiger partial charge is 0.305 e. The second-order valence-corrected chi connectivity index (χ2v) is 6.49. The topological polar surface area (TPSA) is 80.9 Å². The van der Waals surface area contributed by atoms with Gasteiger partial charge in [-0.1, -0.05) is 46.0 Å². The number of aryl methyl sites for hydroxylation is 1. The monoisotopic (exact) mass is 294 g/mol. The van der Waals surface area contributed by atoms with Crippen molar-refractivity contribution in [3.05, 3.63) is 5.82 Å². The Morgan fingerprint density at radius 1 is 1.33 bits per heavy atom. The number of tetrazole rings is 1. The van der Waals surface area contributed by atoms with Crippen LogP contribution in [0.25, 0.3) is 0 Å². The highest BCUT2D eigenvalue weighted by Gasteiger charge is 2.24. The van der Waals surface area contributed by atoms with E-state index >= 15 is 0 Å². The highest BCUT2D eigenvalue weighted by molar-refractivity contribution is 5.67. The van der Waals surface area contributed by atoms with Crippen LogP contribution in [0.5, 0.6) is 0 Å². The highest BCUT2D eigenvalue weighted by Crippen LogP contribution is 2.28. The average Bonchev–Trinajstić information content (AvgIpc) is 2.91. The fourth-order valence-electron chi connectivity index (χ4n) is 3.23. The number of carbonyl (C=O) groups is 1. The second-order valence-electron chi connectivity index (χ2n) is 6.49. The maximum atomic E-state index is 11.0. The third kappa shape index (κ3) is 4.51. The number of rotatable bonds is 7. The molecule has 1 saturated carbocycles. The van der Waals surface area contributed by atoms with E-state index in [0.29, 0.717) is 0 Å². The van der Waals surface area contributed by atoms with Crippen molar-refractivity contribution in [2.24, 2.45) is 11.8 Å². The summed E-state index contributed by atoms with van der Waals surface area (Å²) < 4.78 is 1.74. The Hall–Kier alpha value is -1.46. The first-order valence-corrected chi connectivity index (χ1v) is 8.06. The van der Waals surface area contributed by atoms with Crippen molar-refractivity contribution in [3.63, 3.8) is 0 Å². The van der Waals surface area contributed by atoms with Crippen molar-refractivity contribution in [3.8, 4) is 0 Å². The molecule has 0 amide bonds. The number of hydrogen-bond donors (Lipinski definition) is 1. The van der Waals surface area contributed by atoms with Crippen LogP contribution in [0.3, 0.4) is 0 Å². The quantitative estimate of drug-likeness (QED) is 0.836. The maximum absolute atomic E-state index is 11.0. The predicted molar refractivity (Wildman–Crippen MR) is 78.8 cm³/mol. The van der Waals surface area contributed by atoms with E-state index in [-0.39, 0.29) is 18.4 Å². The Kier molecular flexibility index (Phi) is 5.70. The molecule has 0 saturated heterocycles. The fourth-order valence-corrected chi connectivity index (χ4v) is 3.23. The summed E-state index contributed by atoms with van der Waals surface area (Å²) in [6, 6.07) is -0.168. The molecule has 0 spiro atoms. The zero-order chi connectivity index (χ0) is 15.2. The van der Waals surface area contributed by atoms with Crippen molar-refractivity contribution < 1.29 is 9.90 Å². The van der Waals surface area contributed by atoms with Crippen LogP contribution in [0.1, 0.15) is 70.7 Å². The van der Waals surface area contributed by atoms with Crippen LogP contribution in [-0.2, 0) is 11.2 Å². The summed E-state index contributed by atoms with van der Waals surface area (Å²) in [6.45, 7) is 4.03. The van der Waals surface area contributed by atoms with Crippen LogP contribution >= 0.6 is 0 Å². The molecule has 1 aliphatic carbocycles. The molecule has 1 unspecified atom stereocenters. The first-order chi connectivity index (χ1) is 10.1. The number of carboxylic acid groups (broad SMARTS) is 1. The lowest BCUT2D eigenvalue weighted by Gasteiger charge is -2.23. The normalized spacial score (nSPS) is 18.0. The van der Waals surface area contributed by atoms with Gasteiger partial charge in [0.05, 0.1) is 12.5 Å². The minimum atomic E-state index is -0.803. The van der Waals surface area contributed by atoms with Gasteiger partial charge in [0.2, 0.25) is 0 Å². The molecule has 0 aliphatic heterocycles. The summed E-state index contributed by atoms with van der Waals surface area (Å²) in [5.41, 5.74) is 0. The predicted octanol–water partition coefficient (Wildman–Crippen LogP) is 2.86. The van der Waals surface area contributed by atoms with Gasteiger partial charge in [-0.2, -0.15) is 0 Å². The molecule has 1 heterocycles. The van der Waals surface area contributed by atoms with Crippen molar-refractivity contribution in [1.29, 1.82) is 0 Å². The van der Waals surface area contributed by atoms with E-state index in [0.717, 1.165) is 24.6 Å². The molecule has 1 N–H and O–H groups in total. The lowest BCUT2D eigenvalue weighted by Crippen LogP contribution is -2.22. The van der Waals surface area contributed by atoms with E-state index in [2.05, 4.69) is 15.5 Å². The maximum Gasteiger partial charge on any atom is 0.305 e. The molecule has 0 bridgehead atoms. The first kappa shape index (κ1) is 15.9. The highest BCUT2D eigenvalue weighted by atomic mass is 16.4. The van der Waals surface area contributed by atoms with Gasteiger partial charge in [-0.25, -0.2) is 4.68 Å². The van der Waals surface area contributed by atoms with Gasteiger partial charge in [0.15, 0.2) is 5.82 Å². The van der Waals surface area contributed by atoms with E-state index in [1.54, 1.807) is 4.68 Å². The van der Waals surface area contributed by atoms with Crippen LogP contribution in [0.4, 0.5) is 0 Å². The third-order valence-corrected chi connectivity index (χ3v) is 4.53. The van der Waals surface area contributed by atoms with Crippen LogP contribution in [-0.4, -0.2) is 31.3 Å². The van der Waals surface area contributed by atoms with Crippen molar-refractivity contribution in [2.75, 3.05) is 0 Å². The van der Waals surface area contributed by atoms with Gasteiger partial charge in [0, 0.05) is 6.42 Å². The van der Waals surface area contributed by atoms with Gasteiger partial charge >= 0.3 is 5.97 Å². The molecule has 1 fully saturated rings. The minimum Gasteiger partial charge on any atom is -0.481 e. The van der Waals surface area contributed by atoms with E-state index in [1.807, 2.05) is 13.8 Å². The zero-order valence-electron chi connectivity index (χ0n) is 13.0. The molecule has 21 heavy (non-hydrogen) atoms. The fraction of sp³-hybridized carbons (Fsp3) is 0.867. The molecule has 1 aromatic heterocycles. The van der Waals surface area contributed by atoms with Crippen molar-refractivity contribution in [2.45, 2.75) is 71.3 Å². The SMILES string of the molecule is CC(C)C(CC(=O)O)n1nnnc1CCC1CCCCC1. The summed E-state index contributed by atoms with van der Waals surface area (Å²) in [7, 11) is 0. The molecule has 2 rings (SSSR count). The van der Waals surface area contributed by atoms with E-state index in [4.69, 9.17) is 5.11 Å². The molecule has 0 aromatic carbocycles. The Labute approximate surface area is 125 Å². The Bertz CT molecular complexity index is 452. The molecule has 118 valence electrons.